The molecule has 8 nitrogen and oxygen atoms in total. The Balaban J connectivity index is 1.33. The first kappa shape index (κ1) is 31.4. The number of halogens is 3. The molecule has 2 aliphatic carbocycles. The van der Waals surface area contributed by atoms with Gasteiger partial charge in [-0.15, -0.1) is 11.8 Å². The maximum Gasteiger partial charge on any atom is 0.416 e. The van der Waals surface area contributed by atoms with Crippen LogP contribution in [0.15, 0.2) is 35.3 Å². The fourth-order valence-electron chi connectivity index (χ4n) is 6.40. The van der Waals surface area contributed by atoms with Gasteiger partial charge in [0.2, 0.25) is 11.8 Å². The number of hydrogen-bond donors (Lipinski definition) is 2. The molecule has 0 spiro atoms. The summed E-state index contributed by atoms with van der Waals surface area (Å²) in [6, 6.07) is 3.16. The van der Waals surface area contributed by atoms with Crippen LogP contribution in [0.2, 0.25) is 0 Å². The Bertz CT molecular complexity index is 1320. The summed E-state index contributed by atoms with van der Waals surface area (Å²) < 4.78 is 46.3. The second-order valence-corrected chi connectivity index (χ2v) is 13.2. The Morgan fingerprint density at radius 2 is 2.00 bits per heavy atom. The topological polar surface area (TPSA) is 100 Å². The number of rotatable bonds is 4. The quantitative estimate of drug-likeness (QED) is 0.402. The number of carbonyl (C=O) groups is 3. The Labute approximate surface area is 254 Å². The van der Waals surface area contributed by atoms with Crippen LogP contribution in [-0.4, -0.2) is 64.9 Å². The fourth-order valence-corrected chi connectivity index (χ4v) is 7.46. The predicted octanol–water partition coefficient (Wildman–Crippen LogP) is 6.01. The second-order valence-electron chi connectivity index (χ2n) is 12.2. The molecule has 1 unspecified atom stereocenters. The lowest BCUT2D eigenvalue weighted by atomic mass is 9.92. The lowest BCUT2D eigenvalue weighted by molar-refractivity contribution is -0.140. The molecule has 6 atom stereocenters. The van der Waals surface area contributed by atoms with Crippen molar-refractivity contribution in [3.05, 3.63) is 41.5 Å². The minimum Gasteiger partial charge on any atom is -0.446 e. The van der Waals surface area contributed by atoms with Crippen molar-refractivity contribution in [3.63, 3.8) is 0 Å². The van der Waals surface area contributed by atoms with E-state index in [1.54, 1.807) is 11.9 Å². The molecule has 2 heterocycles. The summed E-state index contributed by atoms with van der Waals surface area (Å²) in [7, 11) is 1.73. The minimum atomic E-state index is -4.60. The highest BCUT2D eigenvalue weighted by Crippen LogP contribution is 2.48. The van der Waals surface area contributed by atoms with Gasteiger partial charge >= 0.3 is 12.3 Å². The normalized spacial score (nSPS) is 32.2. The second kappa shape index (κ2) is 12.5. The molecule has 2 aliphatic heterocycles. The van der Waals surface area contributed by atoms with Gasteiger partial charge in [-0.1, -0.05) is 19.1 Å². The van der Waals surface area contributed by atoms with Crippen molar-refractivity contribution in [3.8, 4) is 0 Å². The van der Waals surface area contributed by atoms with Crippen molar-refractivity contribution in [1.29, 1.82) is 0 Å². The predicted molar refractivity (Wildman–Crippen MR) is 160 cm³/mol. The van der Waals surface area contributed by atoms with E-state index in [1.165, 1.54) is 17.8 Å². The summed E-state index contributed by atoms with van der Waals surface area (Å²) in [6.07, 6.45) is 2.69. The summed E-state index contributed by atoms with van der Waals surface area (Å²) in [5, 5.41) is 6.26. The van der Waals surface area contributed by atoms with Crippen molar-refractivity contribution in [2.75, 3.05) is 24.7 Å². The summed E-state index contributed by atoms with van der Waals surface area (Å²) in [4.78, 5) is 46.4. The fraction of sp³-hybridized carbons (Fsp3) is 0.613. The Hall–Kier alpha value is -3.02. The number of nitrogens with one attached hydrogen (secondary N) is 2. The highest BCUT2D eigenvalue weighted by molar-refractivity contribution is 8.14. The largest absolute Gasteiger partial charge is 0.446 e. The smallest absolute Gasteiger partial charge is 0.416 e. The van der Waals surface area contributed by atoms with Crippen molar-refractivity contribution in [2.24, 2.45) is 22.7 Å². The summed E-state index contributed by atoms with van der Waals surface area (Å²) in [5.74, 6) is -0.790. The molecule has 0 saturated heterocycles. The van der Waals surface area contributed by atoms with E-state index in [1.807, 2.05) is 13.8 Å². The van der Waals surface area contributed by atoms with Gasteiger partial charge in [-0.25, -0.2) is 4.79 Å². The van der Waals surface area contributed by atoms with E-state index in [-0.39, 0.29) is 47.8 Å². The minimum absolute atomic E-state index is 0.00319. The average Bonchev–Trinajstić information content (AvgIpc) is 3.23. The SMILES string of the molecule is CC[C@@]12C[C@H]1/C=C\CCCCN(C)C(=O)[C@@H]1C[C@H](OC(=O)Nc3cc(C(F)(F)F)ccc3C3=NC(C)CS3)C[C@H]1C(=O)N2. The van der Waals surface area contributed by atoms with Crippen molar-refractivity contribution in [1.82, 2.24) is 10.2 Å². The highest BCUT2D eigenvalue weighted by atomic mass is 32.2. The lowest BCUT2D eigenvalue weighted by Crippen LogP contribution is -2.45. The van der Waals surface area contributed by atoms with Crippen LogP contribution in [0.5, 0.6) is 0 Å². The molecule has 0 aromatic heterocycles. The number of nitrogens with zero attached hydrogens (tertiary/aromatic N) is 2. The van der Waals surface area contributed by atoms with Crippen molar-refractivity contribution >= 4 is 40.4 Å². The Morgan fingerprint density at radius 3 is 2.70 bits per heavy atom. The zero-order valence-electron chi connectivity index (χ0n) is 24.7. The van der Waals surface area contributed by atoms with Crippen LogP contribution >= 0.6 is 11.8 Å². The molecule has 3 amide bonds. The van der Waals surface area contributed by atoms with Gasteiger partial charge in [0.15, 0.2) is 0 Å². The standard InChI is InChI=1S/C31H39F3N4O4S/c1-4-30-16-20(30)9-7-5-6-8-12-38(3)28(40)24-15-21(14-23(24)26(39)37-30)42-29(41)36-25-13-19(31(32,33)34)10-11-22(25)27-35-18(2)17-43-27/h7,9-11,13,18,20-21,23-24H,4-6,8,12,14-17H2,1-3H3,(H,36,41)(H,37,39)/b9-7-/t18?,20-,21-,23-,24-,30-/m1/s1. The molecule has 234 valence electrons. The first-order valence-corrected chi connectivity index (χ1v) is 16.0. The van der Waals surface area contributed by atoms with Crippen LogP contribution in [0.25, 0.3) is 0 Å². The number of benzene rings is 1. The molecular weight excluding hydrogens is 581 g/mol. The lowest BCUT2D eigenvalue weighted by Gasteiger charge is -2.26. The monoisotopic (exact) mass is 620 g/mol. The zero-order chi connectivity index (χ0) is 30.9. The average molecular weight is 621 g/mol. The number of amides is 3. The van der Waals surface area contributed by atoms with Crippen LogP contribution in [0.3, 0.4) is 0 Å². The maximum atomic E-state index is 13.6. The van der Waals surface area contributed by atoms with Gasteiger partial charge in [-0.05, 0) is 70.1 Å². The van der Waals surface area contributed by atoms with Gasteiger partial charge in [-0.3, -0.25) is 19.9 Å². The number of fused-ring (bicyclic) bond motifs is 2. The number of alkyl halides is 3. The molecule has 4 aliphatic rings. The third-order valence-electron chi connectivity index (χ3n) is 9.06. The molecule has 2 fully saturated rings. The molecular formula is C31H39F3N4O4S. The maximum absolute atomic E-state index is 13.6. The van der Waals surface area contributed by atoms with Gasteiger partial charge in [0.05, 0.1) is 29.1 Å². The number of aliphatic imine (C=N–C) groups is 1. The number of thioether (sulfide) groups is 1. The van der Waals surface area contributed by atoms with E-state index in [0.717, 1.165) is 44.2 Å². The van der Waals surface area contributed by atoms with E-state index in [0.29, 0.717) is 22.9 Å². The van der Waals surface area contributed by atoms with Gasteiger partial charge < -0.3 is 15.0 Å². The molecule has 1 aromatic carbocycles. The van der Waals surface area contributed by atoms with Gasteiger partial charge in [0.25, 0.3) is 0 Å². The number of hydrogen-bond acceptors (Lipinski definition) is 6. The molecule has 0 bridgehead atoms. The van der Waals surface area contributed by atoms with E-state index in [2.05, 4.69) is 27.8 Å². The molecule has 1 aromatic rings. The highest BCUT2D eigenvalue weighted by Gasteiger charge is 2.54. The summed E-state index contributed by atoms with van der Waals surface area (Å²) >= 11 is 1.41. The Morgan fingerprint density at radius 1 is 1.23 bits per heavy atom. The van der Waals surface area contributed by atoms with Crippen LogP contribution in [0.1, 0.15) is 69.9 Å². The van der Waals surface area contributed by atoms with Crippen LogP contribution in [-0.2, 0) is 20.5 Å². The molecule has 5 rings (SSSR count). The summed E-state index contributed by atoms with van der Waals surface area (Å²) in [6.45, 7) is 4.50. The van der Waals surface area contributed by atoms with Crippen LogP contribution < -0.4 is 10.6 Å². The first-order valence-electron chi connectivity index (χ1n) is 15.0. The van der Waals surface area contributed by atoms with Crippen LogP contribution in [0.4, 0.5) is 23.7 Å². The van der Waals surface area contributed by atoms with Crippen molar-refractivity contribution in [2.45, 2.75) is 82.7 Å². The van der Waals surface area contributed by atoms with E-state index in [9.17, 15) is 27.6 Å². The van der Waals surface area contributed by atoms with E-state index < -0.39 is 35.8 Å². The Kier molecular flexibility index (Phi) is 9.15. The summed E-state index contributed by atoms with van der Waals surface area (Å²) in [5.41, 5.74) is -0.904. The third kappa shape index (κ3) is 7.05. The van der Waals surface area contributed by atoms with Crippen LogP contribution in [0, 0.1) is 17.8 Å². The van der Waals surface area contributed by atoms with Crippen molar-refractivity contribution < 1.29 is 32.3 Å². The number of ether oxygens (including phenoxy) is 1. The van der Waals surface area contributed by atoms with E-state index >= 15 is 0 Å². The zero-order valence-corrected chi connectivity index (χ0v) is 25.5. The van der Waals surface area contributed by atoms with Gasteiger partial charge in [0.1, 0.15) is 11.1 Å². The number of allylic oxidation sites excluding steroid dienone is 1. The molecule has 0 radical (unpaired) electrons. The van der Waals surface area contributed by atoms with Gasteiger partial charge in [-0.2, -0.15) is 13.2 Å². The van der Waals surface area contributed by atoms with Gasteiger partial charge in [0, 0.05) is 36.4 Å². The molecule has 2 saturated carbocycles. The first-order chi connectivity index (χ1) is 20.4. The number of carbonyl (C=O) groups excluding carboxylic acids is 3. The van der Waals surface area contributed by atoms with E-state index in [4.69, 9.17) is 4.74 Å². The molecule has 2 N–H and O–H groups in total. The number of anilines is 1. The third-order valence-corrected chi connectivity index (χ3v) is 10.3. The molecule has 12 heteroatoms. The molecule has 43 heavy (non-hydrogen) atoms.